The lowest BCUT2D eigenvalue weighted by Gasteiger charge is -2.17. The third kappa shape index (κ3) is 2.75. The summed E-state index contributed by atoms with van der Waals surface area (Å²) in [5.41, 5.74) is 3.78. The van der Waals surface area contributed by atoms with E-state index in [0.717, 1.165) is 21.2 Å². The van der Waals surface area contributed by atoms with Crippen molar-refractivity contribution in [3.8, 4) is 0 Å². The molecule has 4 heteroatoms. The first-order valence-electron chi connectivity index (χ1n) is 6.83. The number of fused-ring (bicyclic) bond motifs is 1. The SMILES string of the molecule is Cc1c(C(=O)OC(C)C)cc2cc(Br)cn2c1C(C)C. The second kappa shape index (κ2) is 5.60. The molecule has 0 saturated heterocycles. The van der Waals surface area contributed by atoms with E-state index in [0.29, 0.717) is 11.5 Å². The zero-order chi connectivity index (χ0) is 15.0. The van der Waals surface area contributed by atoms with Crippen LogP contribution in [-0.2, 0) is 4.74 Å². The smallest absolute Gasteiger partial charge is 0.338 e. The molecule has 0 radical (unpaired) electrons. The van der Waals surface area contributed by atoms with Crippen molar-refractivity contribution in [3.63, 3.8) is 0 Å². The van der Waals surface area contributed by atoms with E-state index in [1.54, 1.807) is 0 Å². The van der Waals surface area contributed by atoms with Crippen LogP contribution in [0.3, 0.4) is 0 Å². The highest BCUT2D eigenvalue weighted by atomic mass is 79.9. The molecule has 0 fully saturated rings. The number of nitrogens with zero attached hydrogens (tertiary/aromatic N) is 1. The van der Waals surface area contributed by atoms with Gasteiger partial charge in [-0.15, -0.1) is 0 Å². The zero-order valence-corrected chi connectivity index (χ0v) is 14.1. The largest absolute Gasteiger partial charge is 0.459 e. The van der Waals surface area contributed by atoms with Crippen LogP contribution in [0.1, 0.15) is 55.2 Å². The summed E-state index contributed by atoms with van der Waals surface area (Å²) in [6, 6.07) is 3.91. The van der Waals surface area contributed by atoms with Crippen molar-refractivity contribution in [1.82, 2.24) is 4.40 Å². The van der Waals surface area contributed by atoms with Gasteiger partial charge < -0.3 is 9.14 Å². The fourth-order valence-electron chi connectivity index (χ4n) is 2.54. The summed E-state index contributed by atoms with van der Waals surface area (Å²) in [6.45, 7) is 9.98. The molecule has 3 nitrogen and oxygen atoms in total. The summed E-state index contributed by atoms with van der Waals surface area (Å²) in [5.74, 6) is 0.0721. The van der Waals surface area contributed by atoms with Crippen molar-refractivity contribution in [2.45, 2.75) is 46.6 Å². The number of rotatable bonds is 3. The van der Waals surface area contributed by atoms with E-state index in [1.807, 2.05) is 39.1 Å². The average Bonchev–Trinajstić information content (AvgIpc) is 2.66. The fraction of sp³-hybridized carbons (Fsp3) is 0.438. The van der Waals surface area contributed by atoms with Gasteiger partial charge in [0.05, 0.1) is 11.7 Å². The van der Waals surface area contributed by atoms with Gasteiger partial charge in [0.15, 0.2) is 0 Å². The van der Waals surface area contributed by atoms with Gasteiger partial charge in [-0.05, 0) is 60.3 Å². The van der Waals surface area contributed by atoms with Crippen molar-refractivity contribution in [3.05, 3.63) is 39.6 Å². The van der Waals surface area contributed by atoms with Crippen molar-refractivity contribution >= 4 is 27.4 Å². The molecule has 0 spiro atoms. The number of carbonyl (C=O) groups is 1. The van der Waals surface area contributed by atoms with Crippen LogP contribution in [0.5, 0.6) is 0 Å². The molecule has 0 saturated carbocycles. The average molecular weight is 338 g/mol. The Kier molecular flexibility index (Phi) is 4.23. The number of ether oxygens (including phenoxy) is 1. The summed E-state index contributed by atoms with van der Waals surface area (Å²) < 4.78 is 8.49. The monoisotopic (exact) mass is 337 g/mol. The molecule has 0 atom stereocenters. The summed E-state index contributed by atoms with van der Waals surface area (Å²) in [4.78, 5) is 12.3. The van der Waals surface area contributed by atoms with Gasteiger partial charge in [0.1, 0.15) is 0 Å². The number of aromatic nitrogens is 1. The Morgan fingerprint density at radius 3 is 2.45 bits per heavy atom. The molecule has 0 amide bonds. The van der Waals surface area contributed by atoms with Crippen LogP contribution in [0.4, 0.5) is 0 Å². The van der Waals surface area contributed by atoms with Crippen LogP contribution in [0, 0.1) is 6.92 Å². The van der Waals surface area contributed by atoms with Gasteiger partial charge >= 0.3 is 5.97 Å². The molecule has 2 aromatic rings. The molecule has 0 aromatic carbocycles. The van der Waals surface area contributed by atoms with Crippen LogP contribution in [0.25, 0.3) is 5.52 Å². The lowest BCUT2D eigenvalue weighted by atomic mass is 9.99. The molecule has 0 aliphatic carbocycles. The highest BCUT2D eigenvalue weighted by Crippen LogP contribution is 2.28. The summed E-state index contributed by atoms with van der Waals surface area (Å²) in [6.07, 6.45) is 1.93. The number of esters is 1. The van der Waals surface area contributed by atoms with Crippen LogP contribution in [-0.4, -0.2) is 16.5 Å². The lowest BCUT2D eigenvalue weighted by molar-refractivity contribution is 0.0377. The maximum absolute atomic E-state index is 12.3. The molecule has 0 aliphatic heterocycles. The molecule has 2 rings (SSSR count). The second-order valence-corrected chi connectivity index (χ2v) is 6.55. The van der Waals surface area contributed by atoms with Gasteiger partial charge in [0.2, 0.25) is 0 Å². The number of hydrogen-bond donors (Lipinski definition) is 0. The second-order valence-electron chi connectivity index (χ2n) is 5.63. The summed E-state index contributed by atoms with van der Waals surface area (Å²) in [5, 5.41) is 0. The van der Waals surface area contributed by atoms with Gasteiger partial charge in [0.25, 0.3) is 0 Å². The Bertz CT molecular complexity index is 656. The molecule has 108 valence electrons. The number of pyridine rings is 1. The van der Waals surface area contributed by atoms with Gasteiger partial charge in [0, 0.05) is 21.9 Å². The maximum Gasteiger partial charge on any atom is 0.338 e. The Morgan fingerprint density at radius 2 is 1.90 bits per heavy atom. The lowest BCUT2D eigenvalue weighted by Crippen LogP contribution is -2.15. The predicted molar refractivity (Wildman–Crippen MR) is 84.5 cm³/mol. The first-order chi connectivity index (χ1) is 9.31. The molecular formula is C16H20BrNO2. The molecule has 0 aliphatic rings. The van der Waals surface area contributed by atoms with Crippen LogP contribution >= 0.6 is 15.9 Å². The van der Waals surface area contributed by atoms with Crippen molar-refractivity contribution in [1.29, 1.82) is 0 Å². The van der Waals surface area contributed by atoms with E-state index >= 15 is 0 Å². The van der Waals surface area contributed by atoms with Crippen molar-refractivity contribution < 1.29 is 9.53 Å². The highest BCUT2D eigenvalue weighted by molar-refractivity contribution is 9.10. The van der Waals surface area contributed by atoms with Crippen LogP contribution in [0.2, 0.25) is 0 Å². The van der Waals surface area contributed by atoms with E-state index in [-0.39, 0.29) is 12.1 Å². The van der Waals surface area contributed by atoms with Crippen LogP contribution in [0.15, 0.2) is 22.8 Å². The van der Waals surface area contributed by atoms with E-state index in [9.17, 15) is 4.79 Å². The minimum Gasteiger partial charge on any atom is -0.459 e. The summed E-state index contributed by atoms with van der Waals surface area (Å²) >= 11 is 3.50. The highest BCUT2D eigenvalue weighted by Gasteiger charge is 2.19. The third-order valence-electron chi connectivity index (χ3n) is 3.27. The molecule has 0 unspecified atom stereocenters. The minimum atomic E-state index is -0.251. The Labute approximate surface area is 128 Å². The van der Waals surface area contributed by atoms with Gasteiger partial charge in [-0.2, -0.15) is 0 Å². The molecular weight excluding hydrogens is 318 g/mol. The molecule has 0 N–H and O–H groups in total. The quantitative estimate of drug-likeness (QED) is 0.760. The maximum atomic E-state index is 12.3. The van der Waals surface area contributed by atoms with Crippen molar-refractivity contribution in [2.24, 2.45) is 0 Å². The standard InChI is InChI=1S/C16H20BrNO2/c1-9(2)15-11(5)14(16(19)20-10(3)4)7-13-6-12(17)8-18(13)15/h6-10H,1-5H3. The van der Waals surface area contributed by atoms with E-state index < -0.39 is 0 Å². The van der Waals surface area contributed by atoms with Crippen molar-refractivity contribution in [2.75, 3.05) is 0 Å². The Balaban J connectivity index is 2.67. The topological polar surface area (TPSA) is 30.7 Å². The van der Waals surface area contributed by atoms with E-state index in [4.69, 9.17) is 4.74 Å². The van der Waals surface area contributed by atoms with Crippen LogP contribution < -0.4 is 0 Å². The van der Waals surface area contributed by atoms with E-state index in [2.05, 4.69) is 34.2 Å². The molecule has 0 bridgehead atoms. The molecule has 20 heavy (non-hydrogen) atoms. The Morgan fingerprint density at radius 1 is 1.25 bits per heavy atom. The number of carbonyl (C=O) groups excluding carboxylic acids is 1. The first-order valence-corrected chi connectivity index (χ1v) is 7.62. The van der Waals surface area contributed by atoms with Gasteiger partial charge in [-0.1, -0.05) is 13.8 Å². The summed E-state index contributed by atoms with van der Waals surface area (Å²) in [7, 11) is 0. The zero-order valence-electron chi connectivity index (χ0n) is 12.5. The predicted octanol–water partition coefficient (Wildman–Crippen LogP) is 4.70. The van der Waals surface area contributed by atoms with E-state index in [1.165, 1.54) is 0 Å². The van der Waals surface area contributed by atoms with Gasteiger partial charge in [-0.25, -0.2) is 4.79 Å². The minimum absolute atomic E-state index is 0.112. The third-order valence-corrected chi connectivity index (χ3v) is 3.70. The normalized spacial score (nSPS) is 11.6. The number of halogens is 1. The first kappa shape index (κ1) is 15.1. The molecule has 2 heterocycles. The fourth-order valence-corrected chi connectivity index (χ4v) is 2.98. The Hall–Kier alpha value is -1.29. The van der Waals surface area contributed by atoms with Gasteiger partial charge in [-0.3, -0.25) is 0 Å². The number of hydrogen-bond acceptors (Lipinski definition) is 2. The molecule has 2 aromatic heterocycles.